The van der Waals surface area contributed by atoms with Gasteiger partial charge in [0, 0.05) is 46.8 Å². The average Bonchev–Trinajstić information content (AvgIpc) is 3.18. The number of aliphatic hydroxyl groups is 1. The van der Waals surface area contributed by atoms with Gasteiger partial charge in [0.05, 0.1) is 0 Å². The third-order valence-corrected chi connectivity index (χ3v) is 5.40. The van der Waals surface area contributed by atoms with E-state index < -0.39 is 0 Å². The van der Waals surface area contributed by atoms with Gasteiger partial charge in [0.2, 0.25) is 5.91 Å². The molecule has 1 unspecified atom stereocenters. The fraction of sp³-hybridized carbons (Fsp3) is 0.211. The molecule has 23 heavy (non-hydrogen) atoms. The second kappa shape index (κ2) is 5.80. The highest BCUT2D eigenvalue weighted by Crippen LogP contribution is 2.35. The number of hydrogen-bond donors (Lipinski definition) is 1. The number of fused-ring (bicyclic) bond motifs is 1. The van der Waals surface area contributed by atoms with Gasteiger partial charge in [-0.15, -0.1) is 11.3 Å². The monoisotopic (exact) mass is 323 g/mol. The highest BCUT2D eigenvalue weighted by atomic mass is 32.1. The predicted octanol–water partition coefficient (Wildman–Crippen LogP) is 3.91. The molecular formula is C19H17NO2S. The molecule has 3 aromatic rings. The largest absolute Gasteiger partial charge is 0.396 e. The smallest absolute Gasteiger partial charge is 0.227 e. The molecule has 0 radical (unpaired) electrons. The van der Waals surface area contributed by atoms with Gasteiger partial charge < -0.3 is 10.0 Å². The van der Waals surface area contributed by atoms with E-state index in [1.54, 1.807) is 16.2 Å². The molecule has 0 saturated carbocycles. The number of thiophene rings is 1. The van der Waals surface area contributed by atoms with E-state index in [-0.39, 0.29) is 18.4 Å². The maximum Gasteiger partial charge on any atom is 0.227 e. The number of hydrogen-bond acceptors (Lipinski definition) is 3. The average molecular weight is 323 g/mol. The van der Waals surface area contributed by atoms with Crippen LogP contribution in [0, 0.1) is 5.92 Å². The number of anilines is 1. The minimum Gasteiger partial charge on any atom is -0.396 e. The first kappa shape index (κ1) is 14.4. The summed E-state index contributed by atoms with van der Waals surface area (Å²) in [4.78, 5) is 13.8. The Bertz CT molecular complexity index is 853. The summed E-state index contributed by atoms with van der Waals surface area (Å²) < 4.78 is 1.28. The first-order chi connectivity index (χ1) is 11.3. The van der Waals surface area contributed by atoms with Crippen molar-refractivity contribution in [2.75, 3.05) is 18.1 Å². The summed E-state index contributed by atoms with van der Waals surface area (Å²) in [5.74, 6) is 0.153. The van der Waals surface area contributed by atoms with Gasteiger partial charge in [0.25, 0.3) is 0 Å². The van der Waals surface area contributed by atoms with Crippen LogP contribution in [0.4, 0.5) is 5.69 Å². The van der Waals surface area contributed by atoms with Crippen LogP contribution in [0.2, 0.25) is 0 Å². The Morgan fingerprint density at radius 3 is 2.65 bits per heavy atom. The Balaban J connectivity index is 1.65. The molecule has 2 aromatic carbocycles. The van der Waals surface area contributed by atoms with Crippen LogP contribution < -0.4 is 4.90 Å². The molecule has 1 atom stereocenters. The van der Waals surface area contributed by atoms with Crippen molar-refractivity contribution in [3.05, 3.63) is 53.9 Å². The van der Waals surface area contributed by atoms with Crippen molar-refractivity contribution in [3.8, 4) is 11.1 Å². The molecule has 0 aliphatic carbocycles. The summed E-state index contributed by atoms with van der Waals surface area (Å²) in [6.45, 7) is 0.678. The Kier molecular flexibility index (Phi) is 3.63. The first-order valence-electron chi connectivity index (χ1n) is 7.74. The summed E-state index contributed by atoms with van der Waals surface area (Å²) in [6.07, 6.45) is 0.438. The van der Waals surface area contributed by atoms with E-state index >= 15 is 0 Å². The first-order valence-corrected chi connectivity index (χ1v) is 8.62. The Hall–Kier alpha value is -2.17. The third kappa shape index (κ3) is 2.54. The van der Waals surface area contributed by atoms with E-state index in [0.717, 1.165) is 11.3 Å². The third-order valence-electron chi connectivity index (χ3n) is 4.43. The van der Waals surface area contributed by atoms with Crippen molar-refractivity contribution >= 4 is 33.0 Å². The number of amides is 1. The van der Waals surface area contributed by atoms with Crippen LogP contribution in [0.3, 0.4) is 0 Å². The van der Waals surface area contributed by atoms with Crippen LogP contribution in [0.1, 0.15) is 6.42 Å². The van der Waals surface area contributed by atoms with Gasteiger partial charge in [-0.05, 0) is 29.1 Å². The molecular weight excluding hydrogens is 306 g/mol. The predicted molar refractivity (Wildman–Crippen MR) is 94.8 cm³/mol. The zero-order valence-corrected chi connectivity index (χ0v) is 13.4. The van der Waals surface area contributed by atoms with E-state index in [0.29, 0.717) is 13.0 Å². The van der Waals surface area contributed by atoms with Gasteiger partial charge in [-0.2, -0.15) is 0 Å². The zero-order valence-electron chi connectivity index (χ0n) is 12.6. The maximum atomic E-state index is 12.0. The van der Waals surface area contributed by atoms with E-state index in [9.17, 15) is 9.90 Å². The van der Waals surface area contributed by atoms with Crippen molar-refractivity contribution in [1.82, 2.24) is 0 Å². The Labute approximate surface area is 138 Å². The molecule has 1 amide bonds. The lowest BCUT2D eigenvalue weighted by molar-refractivity contribution is -0.117. The van der Waals surface area contributed by atoms with Gasteiger partial charge in [-0.25, -0.2) is 0 Å². The number of aliphatic hydroxyl groups excluding tert-OH is 1. The van der Waals surface area contributed by atoms with Crippen molar-refractivity contribution in [1.29, 1.82) is 0 Å². The lowest BCUT2D eigenvalue weighted by Gasteiger charge is -2.16. The van der Waals surface area contributed by atoms with Crippen LogP contribution >= 0.6 is 11.3 Å². The number of nitrogens with zero attached hydrogens (tertiary/aromatic N) is 1. The number of carbonyl (C=O) groups excluding carboxylic acids is 1. The van der Waals surface area contributed by atoms with Crippen molar-refractivity contribution < 1.29 is 9.90 Å². The van der Waals surface area contributed by atoms with Crippen molar-refractivity contribution in [3.63, 3.8) is 0 Å². The van der Waals surface area contributed by atoms with Gasteiger partial charge in [0.1, 0.15) is 0 Å². The molecule has 1 aliphatic rings. The molecule has 0 bridgehead atoms. The van der Waals surface area contributed by atoms with E-state index in [1.807, 2.05) is 12.1 Å². The van der Waals surface area contributed by atoms with Crippen LogP contribution in [0.25, 0.3) is 21.2 Å². The molecule has 2 heterocycles. The molecule has 1 aliphatic heterocycles. The summed E-state index contributed by atoms with van der Waals surface area (Å²) in [5, 5.41) is 12.7. The fourth-order valence-corrected chi connectivity index (χ4v) is 4.15. The Morgan fingerprint density at radius 1 is 1.13 bits per heavy atom. The molecule has 1 saturated heterocycles. The van der Waals surface area contributed by atoms with Gasteiger partial charge in [0.15, 0.2) is 0 Å². The molecule has 3 nitrogen and oxygen atoms in total. The maximum absolute atomic E-state index is 12.0. The zero-order chi connectivity index (χ0) is 15.8. The second-order valence-electron chi connectivity index (χ2n) is 5.95. The summed E-state index contributed by atoms with van der Waals surface area (Å²) in [7, 11) is 0. The quantitative estimate of drug-likeness (QED) is 0.794. The lowest BCUT2D eigenvalue weighted by Crippen LogP contribution is -2.24. The summed E-state index contributed by atoms with van der Waals surface area (Å²) in [5.41, 5.74) is 3.31. The van der Waals surface area contributed by atoms with Crippen molar-refractivity contribution in [2.45, 2.75) is 6.42 Å². The molecule has 4 rings (SSSR count). The highest BCUT2D eigenvalue weighted by molar-refractivity contribution is 7.17. The van der Waals surface area contributed by atoms with Gasteiger partial charge in [-0.3, -0.25) is 4.79 Å². The lowest BCUT2D eigenvalue weighted by atomic mass is 10.0. The highest BCUT2D eigenvalue weighted by Gasteiger charge is 2.29. The molecule has 4 heteroatoms. The molecule has 1 aromatic heterocycles. The molecule has 116 valence electrons. The topological polar surface area (TPSA) is 40.5 Å². The van der Waals surface area contributed by atoms with Crippen LogP contribution in [-0.2, 0) is 4.79 Å². The van der Waals surface area contributed by atoms with E-state index in [2.05, 4.69) is 41.8 Å². The molecule has 0 spiro atoms. The molecule has 1 N–H and O–H groups in total. The van der Waals surface area contributed by atoms with E-state index in [4.69, 9.17) is 0 Å². The van der Waals surface area contributed by atoms with Gasteiger partial charge >= 0.3 is 0 Å². The Morgan fingerprint density at radius 2 is 1.91 bits per heavy atom. The number of rotatable bonds is 3. The summed E-state index contributed by atoms with van der Waals surface area (Å²) >= 11 is 1.75. The van der Waals surface area contributed by atoms with Gasteiger partial charge in [-0.1, -0.05) is 30.3 Å². The molecule has 1 fully saturated rings. The SMILES string of the molecule is O=C1CC(CO)CN1c1ccc(-c2csc3ccccc23)cc1. The minimum atomic E-state index is 0.0583. The summed E-state index contributed by atoms with van der Waals surface area (Å²) in [6, 6.07) is 16.5. The van der Waals surface area contributed by atoms with Crippen LogP contribution in [0.15, 0.2) is 53.9 Å². The van der Waals surface area contributed by atoms with E-state index in [1.165, 1.54) is 15.6 Å². The normalized spacial score (nSPS) is 18.0. The number of carbonyl (C=O) groups is 1. The fourth-order valence-electron chi connectivity index (χ4n) is 3.18. The van der Waals surface area contributed by atoms with Crippen LogP contribution in [-0.4, -0.2) is 24.2 Å². The minimum absolute atomic E-state index is 0.0583. The van der Waals surface area contributed by atoms with Crippen molar-refractivity contribution in [2.24, 2.45) is 5.92 Å². The number of benzene rings is 2. The van der Waals surface area contributed by atoms with Crippen LogP contribution in [0.5, 0.6) is 0 Å². The second-order valence-corrected chi connectivity index (χ2v) is 6.86. The standard InChI is InChI=1S/C19H17NO2S/c21-11-13-9-19(22)20(10-13)15-7-5-14(6-8-15)17-12-23-18-4-2-1-3-16(17)18/h1-8,12-13,21H,9-11H2.